The Morgan fingerprint density at radius 3 is 2.37 bits per heavy atom. The van der Waals surface area contributed by atoms with Crippen LogP contribution in [0.3, 0.4) is 0 Å². The summed E-state index contributed by atoms with van der Waals surface area (Å²) in [4.78, 5) is 10.8. The van der Waals surface area contributed by atoms with Gasteiger partial charge in [0.05, 0.1) is 7.11 Å². The monoisotopic (exact) mass is 266 g/mol. The van der Waals surface area contributed by atoms with Gasteiger partial charge in [0.2, 0.25) is 0 Å². The second kappa shape index (κ2) is 7.11. The topological polar surface area (TPSA) is 70.6 Å². The molecule has 5 nitrogen and oxygen atoms in total. The molecule has 0 spiro atoms. The lowest BCUT2D eigenvalue weighted by Crippen LogP contribution is -2.42. The van der Waals surface area contributed by atoms with Crippen LogP contribution >= 0.6 is 0 Å². The third-order valence-electron chi connectivity index (χ3n) is 3.05. The largest absolute Gasteiger partial charge is 0.496 e. The van der Waals surface area contributed by atoms with Crippen LogP contribution in [-0.4, -0.2) is 37.8 Å². The molecular weight excluding hydrogens is 244 g/mol. The van der Waals surface area contributed by atoms with E-state index in [1.54, 1.807) is 14.2 Å². The van der Waals surface area contributed by atoms with Gasteiger partial charge in [0.15, 0.2) is 0 Å². The first-order chi connectivity index (χ1) is 8.99. The van der Waals surface area contributed by atoms with Crippen LogP contribution in [0, 0.1) is 13.8 Å². The Hall–Kier alpha value is -1.59. The fourth-order valence-electron chi connectivity index (χ4n) is 2.14. The molecule has 0 radical (unpaired) electrons. The number of carboxylic acid groups (broad SMARTS) is 1. The van der Waals surface area contributed by atoms with Gasteiger partial charge in [-0.05, 0) is 37.6 Å². The number of aryl methyl sites for hydroxylation is 2. The fourth-order valence-corrected chi connectivity index (χ4v) is 2.14. The second-order valence-corrected chi connectivity index (χ2v) is 4.57. The maximum atomic E-state index is 10.8. The molecule has 106 valence electrons. The summed E-state index contributed by atoms with van der Waals surface area (Å²) in [5.74, 6) is 0.0551. The highest BCUT2D eigenvalue weighted by Gasteiger charge is 2.13. The van der Waals surface area contributed by atoms with E-state index >= 15 is 0 Å². The van der Waals surface area contributed by atoms with Gasteiger partial charge in [-0.3, -0.25) is 4.79 Å². The molecule has 1 aromatic rings. The number of carboxylic acids is 1. The van der Waals surface area contributed by atoms with Gasteiger partial charge in [0, 0.05) is 13.1 Å². The first-order valence-electron chi connectivity index (χ1n) is 6.24. The molecular formula is C14H22N2O3. The van der Waals surface area contributed by atoms with Gasteiger partial charge >= 0.3 is 5.97 Å². The van der Waals surface area contributed by atoms with Crippen LogP contribution in [0.5, 0.6) is 5.75 Å². The molecule has 0 heterocycles. The number of carbonyl (C=O) groups is 1. The molecule has 0 aliphatic carbocycles. The highest BCUT2D eigenvalue weighted by atomic mass is 16.5. The van der Waals surface area contributed by atoms with E-state index in [0.29, 0.717) is 13.1 Å². The van der Waals surface area contributed by atoms with Crippen molar-refractivity contribution in [2.75, 3.05) is 20.7 Å². The van der Waals surface area contributed by atoms with E-state index in [0.717, 1.165) is 22.4 Å². The van der Waals surface area contributed by atoms with Crippen LogP contribution in [0.1, 0.15) is 16.7 Å². The van der Waals surface area contributed by atoms with E-state index in [1.807, 2.05) is 26.0 Å². The Labute approximate surface area is 114 Å². The lowest BCUT2D eigenvalue weighted by Gasteiger charge is -2.14. The van der Waals surface area contributed by atoms with Crippen molar-refractivity contribution in [2.24, 2.45) is 0 Å². The zero-order chi connectivity index (χ0) is 14.4. The average molecular weight is 266 g/mol. The van der Waals surface area contributed by atoms with Gasteiger partial charge in [-0.15, -0.1) is 0 Å². The summed E-state index contributed by atoms with van der Waals surface area (Å²) in [5, 5.41) is 14.8. The lowest BCUT2D eigenvalue weighted by molar-refractivity contribution is -0.139. The third kappa shape index (κ3) is 4.22. The number of aliphatic carboxylic acids is 1. The summed E-state index contributed by atoms with van der Waals surface area (Å²) in [6, 6.07) is 3.53. The molecule has 0 bridgehead atoms. The molecule has 1 rings (SSSR count). The molecule has 1 unspecified atom stereocenters. The molecule has 0 aliphatic heterocycles. The Morgan fingerprint density at radius 1 is 1.37 bits per heavy atom. The summed E-state index contributed by atoms with van der Waals surface area (Å²) in [7, 11) is 3.31. The van der Waals surface area contributed by atoms with E-state index in [4.69, 9.17) is 9.84 Å². The maximum Gasteiger partial charge on any atom is 0.322 e. The van der Waals surface area contributed by atoms with Gasteiger partial charge in [-0.2, -0.15) is 0 Å². The molecule has 0 fully saturated rings. The molecule has 0 aliphatic rings. The summed E-state index contributed by atoms with van der Waals surface area (Å²) < 4.78 is 5.31. The van der Waals surface area contributed by atoms with E-state index < -0.39 is 12.0 Å². The molecule has 0 saturated carbocycles. The highest BCUT2D eigenvalue weighted by molar-refractivity contribution is 5.73. The zero-order valence-electron chi connectivity index (χ0n) is 11.9. The van der Waals surface area contributed by atoms with Crippen molar-refractivity contribution < 1.29 is 14.6 Å². The molecule has 0 aromatic heterocycles. The van der Waals surface area contributed by atoms with E-state index in [9.17, 15) is 4.79 Å². The number of nitrogens with one attached hydrogen (secondary N) is 2. The van der Waals surface area contributed by atoms with E-state index in [1.165, 1.54) is 0 Å². The Bertz CT molecular complexity index is 423. The third-order valence-corrected chi connectivity index (χ3v) is 3.05. The number of methoxy groups -OCH3 is 1. The van der Waals surface area contributed by atoms with Gasteiger partial charge in [-0.25, -0.2) is 0 Å². The molecule has 1 aromatic carbocycles. The standard InChI is InChI=1S/C14H22N2O3/c1-9-5-11(6-10(2)13(9)19-4)7-16-8-12(15-3)14(17)18/h5-6,12,15-16H,7-8H2,1-4H3,(H,17,18). The highest BCUT2D eigenvalue weighted by Crippen LogP contribution is 2.24. The minimum Gasteiger partial charge on any atom is -0.496 e. The number of hydrogen-bond donors (Lipinski definition) is 3. The van der Waals surface area contributed by atoms with Crippen molar-refractivity contribution in [2.45, 2.75) is 26.4 Å². The average Bonchev–Trinajstić information content (AvgIpc) is 2.34. The summed E-state index contributed by atoms with van der Waals surface area (Å²) in [6.45, 7) is 5.03. The predicted molar refractivity (Wildman–Crippen MR) is 74.7 cm³/mol. The number of hydrogen-bond acceptors (Lipinski definition) is 4. The SMILES string of the molecule is CNC(CNCc1cc(C)c(OC)c(C)c1)C(=O)O. The van der Waals surface area contributed by atoms with E-state index in [-0.39, 0.29) is 0 Å². The van der Waals surface area contributed by atoms with Crippen LogP contribution in [0.2, 0.25) is 0 Å². The molecule has 19 heavy (non-hydrogen) atoms. The van der Waals surface area contributed by atoms with Crippen molar-refractivity contribution in [1.82, 2.24) is 10.6 Å². The first kappa shape index (κ1) is 15.5. The van der Waals surface area contributed by atoms with Gasteiger partial charge in [0.1, 0.15) is 11.8 Å². The number of rotatable bonds is 7. The minimum absolute atomic E-state index is 0.385. The van der Waals surface area contributed by atoms with Gasteiger partial charge in [0.25, 0.3) is 0 Å². The van der Waals surface area contributed by atoms with Crippen molar-refractivity contribution in [3.05, 3.63) is 28.8 Å². The van der Waals surface area contributed by atoms with Crippen LogP contribution in [0.15, 0.2) is 12.1 Å². The van der Waals surface area contributed by atoms with Crippen LogP contribution in [-0.2, 0) is 11.3 Å². The predicted octanol–water partition coefficient (Wildman–Crippen LogP) is 1.07. The number of benzene rings is 1. The van der Waals surface area contributed by atoms with Gasteiger partial charge < -0.3 is 20.5 Å². The smallest absolute Gasteiger partial charge is 0.322 e. The lowest BCUT2D eigenvalue weighted by atomic mass is 10.1. The fraction of sp³-hybridized carbons (Fsp3) is 0.500. The molecule has 0 saturated heterocycles. The number of likely N-dealkylation sites (N-methyl/N-ethyl adjacent to an activating group) is 1. The Balaban J connectivity index is 2.61. The van der Waals surface area contributed by atoms with Crippen molar-refractivity contribution in [3.8, 4) is 5.75 Å². The van der Waals surface area contributed by atoms with E-state index in [2.05, 4.69) is 10.6 Å². The van der Waals surface area contributed by atoms with Crippen molar-refractivity contribution >= 4 is 5.97 Å². The quantitative estimate of drug-likeness (QED) is 0.689. The molecule has 3 N–H and O–H groups in total. The second-order valence-electron chi connectivity index (χ2n) is 4.57. The zero-order valence-corrected chi connectivity index (χ0v) is 11.9. The first-order valence-corrected chi connectivity index (χ1v) is 6.24. The van der Waals surface area contributed by atoms with Crippen molar-refractivity contribution in [1.29, 1.82) is 0 Å². The van der Waals surface area contributed by atoms with Gasteiger partial charge in [-0.1, -0.05) is 12.1 Å². The molecule has 5 heteroatoms. The van der Waals surface area contributed by atoms with Crippen LogP contribution < -0.4 is 15.4 Å². The van der Waals surface area contributed by atoms with Crippen LogP contribution in [0.4, 0.5) is 0 Å². The summed E-state index contributed by atoms with van der Waals surface area (Å²) in [5.41, 5.74) is 3.29. The molecule has 1 atom stereocenters. The minimum atomic E-state index is -0.850. The van der Waals surface area contributed by atoms with Crippen molar-refractivity contribution in [3.63, 3.8) is 0 Å². The normalized spacial score (nSPS) is 12.2. The molecule has 0 amide bonds. The Morgan fingerprint density at radius 2 is 1.95 bits per heavy atom. The summed E-state index contributed by atoms with van der Waals surface area (Å²) >= 11 is 0. The Kier molecular flexibility index (Phi) is 5.79. The van der Waals surface area contributed by atoms with Crippen LogP contribution in [0.25, 0.3) is 0 Å². The summed E-state index contributed by atoms with van der Waals surface area (Å²) in [6.07, 6.45) is 0. The maximum absolute atomic E-state index is 10.8. The number of ether oxygens (including phenoxy) is 1.